The highest BCUT2D eigenvalue weighted by Gasteiger charge is 2.34. The van der Waals surface area contributed by atoms with Gasteiger partial charge in [0.25, 0.3) is 0 Å². The minimum Gasteiger partial charge on any atom is -0.548 e. The highest BCUT2D eigenvalue weighted by molar-refractivity contribution is 5.80. The fourth-order valence-corrected chi connectivity index (χ4v) is 2.98. The van der Waals surface area contributed by atoms with E-state index in [1.165, 1.54) is 4.90 Å². The zero-order valence-corrected chi connectivity index (χ0v) is 15.7. The van der Waals surface area contributed by atoms with Crippen molar-refractivity contribution in [3.8, 4) is 0 Å². The maximum atomic E-state index is 12.4. The first kappa shape index (κ1) is 20.2. The van der Waals surface area contributed by atoms with E-state index in [4.69, 9.17) is 9.47 Å². The molecule has 0 aromatic heterocycles. The minimum atomic E-state index is -1.46. The molecule has 3 rings (SSSR count). The number of carbonyl (C=O) groups is 3. The zero-order chi connectivity index (χ0) is 20.6. The van der Waals surface area contributed by atoms with Crippen LogP contribution < -0.4 is 5.11 Å². The van der Waals surface area contributed by atoms with Gasteiger partial charge < -0.3 is 24.3 Å². The number of rotatable bonds is 5. The predicted molar refractivity (Wildman–Crippen MR) is 100 cm³/mol. The van der Waals surface area contributed by atoms with Gasteiger partial charge in [-0.3, -0.25) is 4.90 Å². The third-order valence-corrected chi connectivity index (χ3v) is 4.56. The van der Waals surface area contributed by atoms with Gasteiger partial charge in [0.15, 0.2) is 0 Å². The monoisotopic (exact) mass is 397 g/mol. The molecular formula is C21H21N2O6-. The number of carboxylic acids is 1. The Morgan fingerprint density at radius 1 is 0.828 bits per heavy atom. The topological polar surface area (TPSA) is 99.2 Å². The molecule has 1 aliphatic rings. The van der Waals surface area contributed by atoms with Crippen molar-refractivity contribution in [1.29, 1.82) is 0 Å². The lowest BCUT2D eigenvalue weighted by Crippen LogP contribution is -2.62. The molecule has 0 aliphatic carbocycles. The van der Waals surface area contributed by atoms with Gasteiger partial charge in [-0.25, -0.2) is 9.59 Å². The summed E-state index contributed by atoms with van der Waals surface area (Å²) in [5.41, 5.74) is 1.61. The van der Waals surface area contributed by atoms with E-state index in [2.05, 4.69) is 0 Å². The van der Waals surface area contributed by atoms with Crippen LogP contribution in [-0.4, -0.2) is 53.6 Å². The first-order valence-electron chi connectivity index (χ1n) is 9.18. The molecule has 1 saturated heterocycles. The van der Waals surface area contributed by atoms with Crippen LogP contribution in [0.25, 0.3) is 0 Å². The van der Waals surface area contributed by atoms with Crippen molar-refractivity contribution in [3.63, 3.8) is 0 Å². The molecule has 29 heavy (non-hydrogen) atoms. The predicted octanol–water partition coefficient (Wildman–Crippen LogP) is 1.40. The third-order valence-electron chi connectivity index (χ3n) is 4.56. The average molecular weight is 397 g/mol. The van der Waals surface area contributed by atoms with Gasteiger partial charge in [0.2, 0.25) is 0 Å². The van der Waals surface area contributed by atoms with Gasteiger partial charge in [0.1, 0.15) is 13.2 Å². The summed E-state index contributed by atoms with van der Waals surface area (Å²) in [7, 11) is 0. The maximum Gasteiger partial charge on any atom is 0.410 e. The Bertz CT molecular complexity index is 843. The van der Waals surface area contributed by atoms with Crippen molar-refractivity contribution in [2.75, 3.05) is 19.6 Å². The highest BCUT2D eigenvalue weighted by Crippen LogP contribution is 2.14. The number of hydrogen-bond donors (Lipinski definition) is 0. The van der Waals surface area contributed by atoms with E-state index < -0.39 is 24.2 Å². The van der Waals surface area contributed by atoms with E-state index in [0.29, 0.717) is 0 Å². The largest absolute Gasteiger partial charge is 0.548 e. The fraction of sp³-hybridized carbons (Fsp3) is 0.286. The lowest BCUT2D eigenvalue weighted by atomic mass is 10.2. The van der Waals surface area contributed by atoms with Gasteiger partial charge in [0, 0.05) is 13.1 Å². The van der Waals surface area contributed by atoms with Crippen LogP contribution in [0, 0.1) is 0 Å². The molecule has 8 heteroatoms. The third kappa shape index (κ3) is 5.47. The second kappa shape index (κ2) is 9.59. The maximum absolute atomic E-state index is 12.4. The van der Waals surface area contributed by atoms with Gasteiger partial charge >= 0.3 is 12.2 Å². The lowest BCUT2D eigenvalue weighted by molar-refractivity contribution is -0.312. The lowest BCUT2D eigenvalue weighted by Gasteiger charge is -2.40. The van der Waals surface area contributed by atoms with E-state index in [1.807, 2.05) is 48.5 Å². The molecule has 0 N–H and O–H groups in total. The number of nitrogens with zero attached hydrogens (tertiary/aromatic N) is 2. The van der Waals surface area contributed by atoms with Crippen LogP contribution in [0.15, 0.2) is 60.7 Å². The SMILES string of the molecule is O=C([O-])C1CN(C(=O)OCc2ccccc2)CCN1C(=O)OCc1ccccc1. The quantitative estimate of drug-likeness (QED) is 0.756. The normalized spacial score (nSPS) is 16.2. The van der Waals surface area contributed by atoms with Crippen molar-refractivity contribution in [2.45, 2.75) is 19.3 Å². The second-order valence-electron chi connectivity index (χ2n) is 6.55. The van der Waals surface area contributed by atoms with Gasteiger partial charge in [-0.2, -0.15) is 0 Å². The summed E-state index contributed by atoms with van der Waals surface area (Å²) in [6.07, 6.45) is -1.40. The summed E-state index contributed by atoms with van der Waals surface area (Å²) in [5.74, 6) is -1.46. The highest BCUT2D eigenvalue weighted by atomic mass is 16.6. The smallest absolute Gasteiger partial charge is 0.410 e. The molecule has 2 amide bonds. The van der Waals surface area contributed by atoms with Crippen LogP contribution >= 0.6 is 0 Å². The molecule has 1 fully saturated rings. The molecule has 152 valence electrons. The molecule has 2 aromatic carbocycles. The summed E-state index contributed by atoms with van der Waals surface area (Å²) in [5, 5.41) is 11.6. The number of aliphatic carboxylic acids is 1. The molecule has 2 aromatic rings. The van der Waals surface area contributed by atoms with E-state index in [0.717, 1.165) is 16.0 Å². The van der Waals surface area contributed by atoms with Gasteiger partial charge in [-0.05, 0) is 11.1 Å². The van der Waals surface area contributed by atoms with Crippen molar-refractivity contribution in [2.24, 2.45) is 0 Å². The molecule has 0 radical (unpaired) electrons. The molecule has 0 spiro atoms. The van der Waals surface area contributed by atoms with Crippen molar-refractivity contribution >= 4 is 18.2 Å². The zero-order valence-electron chi connectivity index (χ0n) is 15.7. The van der Waals surface area contributed by atoms with Crippen LogP contribution in [0.2, 0.25) is 0 Å². The number of benzene rings is 2. The van der Waals surface area contributed by atoms with Gasteiger partial charge in [-0.1, -0.05) is 60.7 Å². The molecule has 8 nitrogen and oxygen atoms in total. The molecule has 1 atom stereocenters. The Morgan fingerprint density at radius 2 is 1.34 bits per heavy atom. The minimum absolute atomic E-state index is 0.00665. The van der Waals surface area contributed by atoms with Crippen LogP contribution in [0.3, 0.4) is 0 Å². The fourth-order valence-electron chi connectivity index (χ4n) is 2.98. The van der Waals surface area contributed by atoms with E-state index in [-0.39, 0.29) is 32.8 Å². The van der Waals surface area contributed by atoms with Crippen molar-refractivity contribution in [1.82, 2.24) is 9.80 Å². The molecular weight excluding hydrogens is 376 g/mol. The Labute approximate surface area is 168 Å². The number of amides is 2. The number of carbonyl (C=O) groups excluding carboxylic acids is 3. The first-order chi connectivity index (χ1) is 14.0. The van der Waals surface area contributed by atoms with E-state index in [9.17, 15) is 19.5 Å². The number of hydrogen-bond acceptors (Lipinski definition) is 6. The van der Waals surface area contributed by atoms with Crippen molar-refractivity contribution < 1.29 is 29.0 Å². The average Bonchev–Trinajstić information content (AvgIpc) is 2.76. The molecule has 1 unspecified atom stereocenters. The Balaban J connectivity index is 1.55. The van der Waals surface area contributed by atoms with Crippen LogP contribution in [-0.2, 0) is 27.5 Å². The molecule has 0 bridgehead atoms. The standard InChI is InChI=1S/C21H22N2O6/c24-19(25)18-13-22(20(26)28-14-16-7-3-1-4-8-16)11-12-23(18)21(27)29-15-17-9-5-2-6-10-17/h1-10,18H,11-15H2,(H,24,25)/p-1. The van der Waals surface area contributed by atoms with Crippen LogP contribution in [0.4, 0.5) is 9.59 Å². The van der Waals surface area contributed by atoms with E-state index >= 15 is 0 Å². The van der Waals surface area contributed by atoms with Crippen molar-refractivity contribution in [3.05, 3.63) is 71.8 Å². The number of piperazine rings is 1. The number of carboxylic acid groups (broad SMARTS) is 1. The Kier molecular flexibility index (Phi) is 6.67. The van der Waals surface area contributed by atoms with Crippen LogP contribution in [0.5, 0.6) is 0 Å². The number of ether oxygens (including phenoxy) is 2. The molecule has 1 aliphatic heterocycles. The Hall–Kier alpha value is -3.55. The summed E-state index contributed by atoms with van der Waals surface area (Å²) in [6.45, 7) is 0.0225. The van der Waals surface area contributed by atoms with Crippen LogP contribution in [0.1, 0.15) is 11.1 Å². The summed E-state index contributed by atoms with van der Waals surface area (Å²) >= 11 is 0. The summed E-state index contributed by atoms with van der Waals surface area (Å²) in [4.78, 5) is 38.5. The second-order valence-corrected chi connectivity index (χ2v) is 6.55. The Morgan fingerprint density at radius 3 is 1.86 bits per heavy atom. The van der Waals surface area contributed by atoms with Gasteiger partial charge in [0.05, 0.1) is 18.6 Å². The summed E-state index contributed by atoms with van der Waals surface area (Å²) in [6, 6.07) is 16.9. The molecule has 0 saturated carbocycles. The van der Waals surface area contributed by atoms with Gasteiger partial charge in [-0.15, -0.1) is 0 Å². The molecule has 1 heterocycles. The first-order valence-corrected chi connectivity index (χ1v) is 9.18. The van der Waals surface area contributed by atoms with E-state index in [1.54, 1.807) is 12.1 Å². The summed E-state index contributed by atoms with van der Waals surface area (Å²) < 4.78 is 10.4.